The fourth-order valence-electron chi connectivity index (χ4n) is 1.32. The van der Waals surface area contributed by atoms with E-state index in [1.807, 2.05) is 7.05 Å². The zero-order valence-corrected chi connectivity index (χ0v) is 9.56. The Morgan fingerprint density at radius 1 is 1.50 bits per heavy atom. The molecule has 1 aliphatic rings. The van der Waals surface area contributed by atoms with Gasteiger partial charge < -0.3 is 10.6 Å². The van der Waals surface area contributed by atoms with Gasteiger partial charge in [-0.25, -0.2) is 0 Å². The van der Waals surface area contributed by atoms with Crippen LogP contribution in [0, 0.1) is 5.92 Å². The first-order valence-corrected chi connectivity index (χ1v) is 3.64. The Kier molecular flexibility index (Phi) is 5.61. The van der Waals surface area contributed by atoms with Crippen molar-refractivity contribution in [2.45, 2.75) is 19.4 Å². The summed E-state index contributed by atoms with van der Waals surface area (Å²) in [5, 5.41) is 7.59. The summed E-state index contributed by atoms with van der Waals surface area (Å²) < 4.78 is 0. The molecule has 0 amide bonds. The van der Waals surface area contributed by atoms with Crippen LogP contribution < -0.4 is 5.32 Å². The minimum Gasteiger partial charge on any atom is -0.661 e. The topological polar surface area (TPSA) is 26.1 Å². The number of piperidine rings is 1. The third-order valence-corrected chi connectivity index (χ3v) is 2.12. The first kappa shape index (κ1) is 10.6. The van der Waals surface area contributed by atoms with E-state index in [4.69, 9.17) is 0 Å². The van der Waals surface area contributed by atoms with Gasteiger partial charge in [-0.2, -0.15) is 7.05 Å². The molecular weight excluding hydrogens is 296 g/mol. The number of rotatable bonds is 1. The fraction of sp³-hybridized carbons (Fsp3) is 1.00. The van der Waals surface area contributed by atoms with Crippen molar-refractivity contribution in [1.82, 2.24) is 5.32 Å². The van der Waals surface area contributed by atoms with E-state index >= 15 is 0 Å². The number of nitrogens with zero attached hydrogens (tertiary/aromatic N) is 1. The van der Waals surface area contributed by atoms with Crippen LogP contribution in [-0.4, -0.2) is 26.2 Å². The van der Waals surface area contributed by atoms with Crippen LogP contribution >= 0.6 is 0 Å². The Morgan fingerprint density at radius 2 is 2.20 bits per heavy atom. The van der Waals surface area contributed by atoms with Crippen molar-refractivity contribution >= 4 is 0 Å². The van der Waals surface area contributed by atoms with Crippen LogP contribution in [0.15, 0.2) is 0 Å². The second-order valence-electron chi connectivity index (χ2n) is 2.80. The average molecular weight is 311 g/mol. The second-order valence-corrected chi connectivity index (χ2v) is 2.80. The van der Waals surface area contributed by atoms with Gasteiger partial charge in [-0.1, -0.05) is 12.8 Å². The van der Waals surface area contributed by atoms with Crippen molar-refractivity contribution < 1.29 is 21.1 Å². The molecule has 0 aromatic carbocycles. The fourth-order valence-corrected chi connectivity index (χ4v) is 1.32. The van der Waals surface area contributed by atoms with Gasteiger partial charge >= 0.3 is 0 Å². The summed E-state index contributed by atoms with van der Waals surface area (Å²) >= 11 is 0. The van der Waals surface area contributed by atoms with E-state index in [9.17, 15) is 0 Å². The summed E-state index contributed by atoms with van der Waals surface area (Å²) in [6.07, 6.45) is 1.28. The molecule has 3 heteroatoms. The SMILES string of the molecule is C[N-][C@H]1CNCC[C@H]1C.[W]. The van der Waals surface area contributed by atoms with Crippen LogP contribution in [0.1, 0.15) is 13.3 Å². The maximum absolute atomic E-state index is 4.27. The average Bonchev–Trinajstić information content (AvgIpc) is 1.89. The molecule has 0 unspecified atom stereocenters. The summed E-state index contributed by atoms with van der Waals surface area (Å²) in [5.41, 5.74) is 0. The first-order chi connectivity index (χ1) is 4.34. The third kappa shape index (κ3) is 2.69. The van der Waals surface area contributed by atoms with Gasteiger partial charge in [0, 0.05) is 21.1 Å². The monoisotopic (exact) mass is 311 g/mol. The van der Waals surface area contributed by atoms with Crippen LogP contribution in [0.25, 0.3) is 5.32 Å². The summed E-state index contributed by atoms with van der Waals surface area (Å²) in [6, 6.07) is 0.568. The predicted octanol–water partition coefficient (Wildman–Crippen LogP) is 0.985. The first-order valence-electron chi connectivity index (χ1n) is 3.64. The van der Waals surface area contributed by atoms with E-state index in [2.05, 4.69) is 17.6 Å². The second kappa shape index (κ2) is 5.28. The van der Waals surface area contributed by atoms with E-state index in [-0.39, 0.29) is 21.1 Å². The number of likely N-dealkylation sites (N-methyl/N-ethyl adjacent to an activating group) is 1. The van der Waals surface area contributed by atoms with E-state index < -0.39 is 0 Å². The van der Waals surface area contributed by atoms with Crippen molar-refractivity contribution in [3.63, 3.8) is 0 Å². The molecule has 2 atom stereocenters. The Morgan fingerprint density at radius 3 is 2.60 bits per heavy atom. The molecule has 2 nitrogen and oxygen atoms in total. The van der Waals surface area contributed by atoms with Gasteiger partial charge in [-0.05, 0) is 19.5 Å². The van der Waals surface area contributed by atoms with Gasteiger partial charge in [-0.3, -0.25) is 0 Å². The minimum absolute atomic E-state index is 0. The standard InChI is InChI=1S/C7H15N2.W/c1-6-3-4-9-5-7(6)8-2;/h6-7,9H,3-5H2,1-2H3;/q-1;/t6-,7+;/m1./s1. The summed E-state index contributed by atoms with van der Waals surface area (Å²) in [7, 11) is 1.91. The van der Waals surface area contributed by atoms with E-state index in [1.165, 1.54) is 13.0 Å². The van der Waals surface area contributed by atoms with Crippen LogP contribution in [0.4, 0.5) is 0 Å². The van der Waals surface area contributed by atoms with E-state index in [0.29, 0.717) is 6.04 Å². The summed E-state index contributed by atoms with van der Waals surface area (Å²) in [5.74, 6) is 0.788. The van der Waals surface area contributed by atoms with Crippen LogP contribution in [-0.2, 0) is 21.1 Å². The number of hydrogen-bond donors (Lipinski definition) is 1. The Balaban J connectivity index is 0.000000810. The minimum atomic E-state index is 0. The molecule has 1 fully saturated rings. The molecule has 0 saturated carbocycles. The molecule has 10 heavy (non-hydrogen) atoms. The zero-order chi connectivity index (χ0) is 6.69. The van der Waals surface area contributed by atoms with Crippen LogP contribution in [0.5, 0.6) is 0 Å². The maximum Gasteiger partial charge on any atom is 0 e. The van der Waals surface area contributed by atoms with E-state index in [0.717, 1.165) is 12.5 Å². The van der Waals surface area contributed by atoms with Crippen LogP contribution in [0.3, 0.4) is 0 Å². The smallest absolute Gasteiger partial charge is 0 e. The zero-order valence-electron chi connectivity index (χ0n) is 6.63. The maximum atomic E-state index is 4.27. The quantitative estimate of drug-likeness (QED) is 0.768. The molecule has 1 aliphatic heterocycles. The molecule has 0 aromatic heterocycles. The Labute approximate surface area is 77.4 Å². The molecule has 1 rings (SSSR count). The van der Waals surface area contributed by atoms with Gasteiger partial charge in [0.15, 0.2) is 0 Å². The molecular formula is C7H15N2W-. The molecule has 0 aromatic rings. The van der Waals surface area contributed by atoms with Crippen molar-refractivity contribution in [3.8, 4) is 0 Å². The van der Waals surface area contributed by atoms with E-state index in [1.54, 1.807) is 0 Å². The number of nitrogens with one attached hydrogen (secondary N) is 1. The predicted molar refractivity (Wildman–Crippen MR) is 39.7 cm³/mol. The Bertz CT molecular complexity index is 87.7. The largest absolute Gasteiger partial charge is 0.661 e. The molecule has 0 radical (unpaired) electrons. The van der Waals surface area contributed by atoms with Gasteiger partial charge in [0.1, 0.15) is 0 Å². The normalized spacial score (nSPS) is 33.0. The van der Waals surface area contributed by atoms with Gasteiger partial charge in [-0.15, -0.1) is 6.04 Å². The van der Waals surface area contributed by atoms with Gasteiger partial charge in [0.25, 0.3) is 0 Å². The molecule has 60 valence electrons. The molecule has 1 heterocycles. The Hall–Kier alpha value is 0.608. The summed E-state index contributed by atoms with van der Waals surface area (Å²) in [4.78, 5) is 0. The molecule has 1 N–H and O–H groups in total. The third-order valence-electron chi connectivity index (χ3n) is 2.12. The molecule has 1 saturated heterocycles. The molecule has 0 bridgehead atoms. The molecule has 0 spiro atoms. The van der Waals surface area contributed by atoms with Crippen molar-refractivity contribution in [2.24, 2.45) is 5.92 Å². The van der Waals surface area contributed by atoms with Gasteiger partial charge in [0.2, 0.25) is 0 Å². The van der Waals surface area contributed by atoms with Crippen molar-refractivity contribution in [3.05, 3.63) is 5.32 Å². The summed E-state index contributed by atoms with van der Waals surface area (Å²) in [6.45, 7) is 4.53. The van der Waals surface area contributed by atoms with Crippen molar-refractivity contribution in [1.29, 1.82) is 0 Å². The van der Waals surface area contributed by atoms with Crippen molar-refractivity contribution in [2.75, 3.05) is 20.1 Å². The van der Waals surface area contributed by atoms with Crippen LogP contribution in [0.2, 0.25) is 0 Å². The molecule has 0 aliphatic carbocycles. The van der Waals surface area contributed by atoms with Gasteiger partial charge in [0.05, 0.1) is 0 Å². The number of hydrogen-bond acceptors (Lipinski definition) is 1.